The number of hydrogen-bond donors (Lipinski definition) is 1. The molecule has 2 aromatic carbocycles. The number of esters is 1. The van der Waals surface area contributed by atoms with Gasteiger partial charge in [0.25, 0.3) is 0 Å². The van der Waals surface area contributed by atoms with Crippen molar-refractivity contribution in [3.8, 4) is 17.2 Å². The SMILES string of the molecule is COc1ccc2c(c1)OC[C@@H](C(=O)Oc1ccc([C@](C)(O)C(F)(F)F)cc1)C2. The van der Waals surface area contributed by atoms with Gasteiger partial charge >= 0.3 is 12.1 Å². The van der Waals surface area contributed by atoms with Crippen LogP contribution in [0.5, 0.6) is 17.2 Å². The first-order valence-electron chi connectivity index (χ1n) is 8.53. The predicted molar refractivity (Wildman–Crippen MR) is 93.4 cm³/mol. The summed E-state index contributed by atoms with van der Waals surface area (Å²) in [5.74, 6) is 0.291. The minimum Gasteiger partial charge on any atom is -0.497 e. The van der Waals surface area contributed by atoms with Crippen LogP contribution in [-0.2, 0) is 16.8 Å². The Labute approximate surface area is 159 Å². The van der Waals surface area contributed by atoms with Gasteiger partial charge in [0.15, 0.2) is 5.60 Å². The zero-order valence-electron chi connectivity index (χ0n) is 15.2. The van der Waals surface area contributed by atoms with E-state index in [2.05, 4.69) is 0 Å². The summed E-state index contributed by atoms with van der Waals surface area (Å²) in [6.07, 6.45) is -4.40. The first-order valence-corrected chi connectivity index (χ1v) is 8.53. The maximum atomic E-state index is 12.9. The van der Waals surface area contributed by atoms with Crippen LogP contribution in [0.1, 0.15) is 18.1 Å². The summed E-state index contributed by atoms with van der Waals surface area (Å²) < 4.78 is 54.6. The van der Waals surface area contributed by atoms with Crippen LogP contribution in [0.4, 0.5) is 13.2 Å². The van der Waals surface area contributed by atoms with Crippen molar-refractivity contribution in [1.29, 1.82) is 0 Å². The molecule has 150 valence electrons. The van der Waals surface area contributed by atoms with Gasteiger partial charge in [0.1, 0.15) is 23.9 Å². The summed E-state index contributed by atoms with van der Waals surface area (Å²) in [4.78, 5) is 12.4. The summed E-state index contributed by atoms with van der Waals surface area (Å²) in [7, 11) is 1.55. The molecule has 0 aromatic heterocycles. The maximum Gasteiger partial charge on any atom is 0.421 e. The second-order valence-corrected chi connectivity index (χ2v) is 6.70. The standard InChI is InChI=1S/C20H19F3O5/c1-19(25,20(21,22)23)14-4-7-15(8-5-14)28-18(24)13-9-12-3-6-16(26-2)10-17(12)27-11-13/h3-8,10,13,25H,9,11H2,1-2H3/t13-,19-/m0/s1. The van der Waals surface area contributed by atoms with Crippen LogP contribution in [-0.4, -0.2) is 31.0 Å². The number of halogens is 3. The van der Waals surface area contributed by atoms with Gasteiger partial charge in [0.2, 0.25) is 0 Å². The molecule has 5 nitrogen and oxygen atoms in total. The third kappa shape index (κ3) is 3.91. The minimum absolute atomic E-state index is 0.0900. The lowest BCUT2D eigenvalue weighted by molar-refractivity contribution is -0.258. The van der Waals surface area contributed by atoms with Gasteiger partial charge in [-0.25, -0.2) is 0 Å². The normalized spacial score (nSPS) is 18.4. The van der Waals surface area contributed by atoms with Crippen molar-refractivity contribution in [2.45, 2.75) is 25.1 Å². The van der Waals surface area contributed by atoms with Crippen molar-refractivity contribution in [2.75, 3.05) is 13.7 Å². The highest BCUT2D eigenvalue weighted by Crippen LogP contribution is 2.39. The summed E-state index contributed by atoms with van der Waals surface area (Å²) in [5.41, 5.74) is -2.49. The van der Waals surface area contributed by atoms with E-state index in [0.29, 0.717) is 24.8 Å². The van der Waals surface area contributed by atoms with Gasteiger partial charge in [-0.1, -0.05) is 18.2 Å². The molecule has 0 saturated carbocycles. The summed E-state index contributed by atoms with van der Waals surface area (Å²) >= 11 is 0. The van der Waals surface area contributed by atoms with E-state index >= 15 is 0 Å². The summed E-state index contributed by atoms with van der Waals surface area (Å²) in [6.45, 7) is 0.791. The van der Waals surface area contributed by atoms with E-state index in [0.717, 1.165) is 17.7 Å². The molecule has 0 spiro atoms. The number of alkyl halides is 3. The van der Waals surface area contributed by atoms with Crippen LogP contribution < -0.4 is 14.2 Å². The van der Waals surface area contributed by atoms with Crippen LogP contribution in [0.3, 0.4) is 0 Å². The molecule has 0 radical (unpaired) electrons. The van der Waals surface area contributed by atoms with Gasteiger partial charge in [0, 0.05) is 6.07 Å². The Balaban J connectivity index is 1.67. The van der Waals surface area contributed by atoms with E-state index in [-0.39, 0.29) is 17.9 Å². The first kappa shape index (κ1) is 20.0. The third-order valence-corrected chi connectivity index (χ3v) is 4.70. The summed E-state index contributed by atoms with van der Waals surface area (Å²) in [6, 6.07) is 9.90. The molecule has 3 rings (SSSR count). The predicted octanol–water partition coefficient (Wildman–Crippen LogP) is 3.62. The molecule has 8 heteroatoms. The number of rotatable bonds is 4. The zero-order valence-corrected chi connectivity index (χ0v) is 15.2. The first-order chi connectivity index (χ1) is 13.1. The summed E-state index contributed by atoms with van der Waals surface area (Å²) in [5, 5.41) is 9.67. The fourth-order valence-corrected chi connectivity index (χ4v) is 2.84. The number of hydrogen-bond acceptors (Lipinski definition) is 5. The molecule has 0 fully saturated rings. The van der Waals surface area contributed by atoms with Crippen molar-refractivity contribution in [1.82, 2.24) is 0 Å². The minimum atomic E-state index is -4.82. The molecule has 0 unspecified atom stereocenters. The van der Waals surface area contributed by atoms with E-state index in [1.165, 1.54) is 12.1 Å². The van der Waals surface area contributed by atoms with E-state index < -0.39 is 23.7 Å². The lowest BCUT2D eigenvalue weighted by Crippen LogP contribution is -2.39. The molecular weight excluding hydrogens is 377 g/mol. The molecule has 1 N–H and O–H groups in total. The van der Waals surface area contributed by atoms with Gasteiger partial charge in [-0.2, -0.15) is 13.2 Å². The van der Waals surface area contributed by atoms with Crippen molar-refractivity contribution < 1.29 is 37.3 Å². The molecule has 0 bridgehead atoms. The van der Waals surface area contributed by atoms with Crippen molar-refractivity contribution >= 4 is 5.97 Å². The largest absolute Gasteiger partial charge is 0.497 e. The van der Waals surface area contributed by atoms with Gasteiger partial charge in [-0.05, 0) is 42.7 Å². The number of aliphatic hydroxyl groups is 1. The van der Waals surface area contributed by atoms with Gasteiger partial charge < -0.3 is 19.3 Å². The van der Waals surface area contributed by atoms with E-state index in [9.17, 15) is 23.1 Å². The molecule has 28 heavy (non-hydrogen) atoms. The Kier molecular flexibility index (Phi) is 5.25. The molecule has 0 aliphatic carbocycles. The lowest BCUT2D eigenvalue weighted by atomic mass is 9.95. The maximum absolute atomic E-state index is 12.9. The molecule has 0 amide bonds. The monoisotopic (exact) mass is 396 g/mol. The van der Waals surface area contributed by atoms with Crippen LogP contribution in [0.25, 0.3) is 0 Å². The number of carbonyl (C=O) groups is 1. The Morgan fingerprint density at radius 2 is 1.79 bits per heavy atom. The molecule has 0 saturated heterocycles. The second kappa shape index (κ2) is 7.35. The smallest absolute Gasteiger partial charge is 0.421 e. The lowest BCUT2D eigenvalue weighted by Gasteiger charge is -2.27. The molecular formula is C20H19F3O5. The quantitative estimate of drug-likeness (QED) is 0.632. The van der Waals surface area contributed by atoms with E-state index in [1.807, 2.05) is 6.07 Å². The second-order valence-electron chi connectivity index (χ2n) is 6.70. The van der Waals surface area contributed by atoms with Gasteiger partial charge in [-0.3, -0.25) is 4.79 Å². The van der Waals surface area contributed by atoms with Crippen molar-refractivity contribution in [3.05, 3.63) is 53.6 Å². The Bertz CT molecular complexity index is 859. The van der Waals surface area contributed by atoms with Crippen LogP contribution >= 0.6 is 0 Å². The van der Waals surface area contributed by atoms with E-state index in [1.54, 1.807) is 19.2 Å². The van der Waals surface area contributed by atoms with Crippen LogP contribution in [0.2, 0.25) is 0 Å². The molecule has 2 aromatic rings. The Morgan fingerprint density at radius 3 is 2.39 bits per heavy atom. The number of carbonyl (C=O) groups excluding carboxylic acids is 1. The Hall–Kier alpha value is -2.74. The van der Waals surface area contributed by atoms with Crippen LogP contribution in [0.15, 0.2) is 42.5 Å². The molecule has 1 heterocycles. The number of fused-ring (bicyclic) bond motifs is 1. The average Bonchev–Trinajstić information content (AvgIpc) is 2.66. The highest BCUT2D eigenvalue weighted by atomic mass is 19.4. The van der Waals surface area contributed by atoms with Crippen molar-refractivity contribution in [3.63, 3.8) is 0 Å². The average molecular weight is 396 g/mol. The fraction of sp³-hybridized carbons (Fsp3) is 0.350. The van der Waals surface area contributed by atoms with Crippen molar-refractivity contribution in [2.24, 2.45) is 5.92 Å². The van der Waals surface area contributed by atoms with Gasteiger partial charge in [-0.15, -0.1) is 0 Å². The third-order valence-electron chi connectivity index (χ3n) is 4.70. The zero-order chi connectivity index (χ0) is 20.5. The van der Waals surface area contributed by atoms with Gasteiger partial charge in [0.05, 0.1) is 13.0 Å². The molecule has 2 atom stereocenters. The number of benzene rings is 2. The van der Waals surface area contributed by atoms with E-state index in [4.69, 9.17) is 14.2 Å². The number of ether oxygens (including phenoxy) is 3. The molecule has 1 aliphatic rings. The fourth-order valence-electron chi connectivity index (χ4n) is 2.84. The topological polar surface area (TPSA) is 65.0 Å². The van der Waals surface area contributed by atoms with Crippen LogP contribution in [0, 0.1) is 5.92 Å². The Morgan fingerprint density at radius 1 is 1.14 bits per heavy atom. The number of methoxy groups -OCH3 is 1. The highest BCUT2D eigenvalue weighted by Gasteiger charge is 2.51. The molecule has 1 aliphatic heterocycles. The highest BCUT2D eigenvalue weighted by molar-refractivity contribution is 5.76.